The largest absolute Gasteiger partial charge is 0.377 e. The van der Waals surface area contributed by atoms with Crippen molar-refractivity contribution in [3.8, 4) is 0 Å². The Morgan fingerprint density at radius 2 is 2.12 bits per heavy atom. The van der Waals surface area contributed by atoms with Crippen LogP contribution in [0.1, 0.15) is 36.2 Å². The average molecular weight is 342 g/mol. The van der Waals surface area contributed by atoms with Gasteiger partial charge in [-0.1, -0.05) is 0 Å². The molecule has 1 aliphatic rings. The predicted molar refractivity (Wildman–Crippen MR) is 92.2 cm³/mol. The summed E-state index contributed by atoms with van der Waals surface area (Å²) in [4.78, 5) is 33.7. The molecule has 0 saturated carbocycles. The highest BCUT2D eigenvalue weighted by molar-refractivity contribution is 5.92. The normalized spacial score (nSPS) is 17.4. The highest BCUT2D eigenvalue weighted by Gasteiger charge is 2.32. The van der Waals surface area contributed by atoms with Crippen LogP contribution in [0.5, 0.6) is 0 Å². The molecular weight excluding hydrogens is 320 g/mol. The van der Waals surface area contributed by atoms with Gasteiger partial charge in [-0.05, 0) is 26.0 Å². The smallest absolute Gasteiger partial charge is 0.273 e. The Bertz CT molecular complexity index is 707. The maximum atomic E-state index is 12.8. The third kappa shape index (κ3) is 3.74. The Kier molecular flexibility index (Phi) is 5.49. The average Bonchev–Trinajstić information content (AvgIpc) is 2.69. The SMILES string of the molecule is CCN(CC)c1ccnc([C@@H]2COCCN2C(=O)c2ccncn2)n1. The van der Waals surface area contributed by atoms with E-state index in [4.69, 9.17) is 4.74 Å². The van der Waals surface area contributed by atoms with E-state index in [2.05, 4.69) is 38.7 Å². The molecule has 25 heavy (non-hydrogen) atoms. The van der Waals surface area contributed by atoms with Crippen LogP contribution < -0.4 is 4.90 Å². The summed E-state index contributed by atoms with van der Waals surface area (Å²) in [6, 6.07) is 3.17. The summed E-state index contributed by atoms with van der Waals surface area (Å²) < 4.78 is 5.59. The van der Waals surface area contributed by atoms with Crippen molar-refractivity contribution in [2.45, 2.75) is 19.9 Å². The number of amides is 1. The third-order valence-corrected chi connectivity index (χ3v) is 4.24. The van der Waals surface area contributed by atoms with Crippen molar-refractivity contribution in [1.29, 1.82) is 0 Å². The Morgan fingerprint density at radius 1 is 1.28 bits per heavy atom. The van der Waals surface area contributed by atoms with Gasteiger partial charge in [-0.3, -0.25) is 4.79 Å². The predicted octanol–water partition coefficient (Wildman–Crippen LogP) is 1.33. The minimum absolute atomic E-state index is 0.160. The number of hydrogen-bond acceptors (Lipinski definition) is 7. The lowest BCUT2D eigenvalue weighted by atomic mass is 10.2. The molecule has 8 heteroatoms. The molecule has 1 saturated heterocycles. The van der Waals surface area contributed by atoms with E-state index < -0.39 is 0 Å². The molecule has 0 unspecified atom stereocenters. The number of rotatable bonds is 5. The Balaban J connectivity index is 1.89. The zero-order valence-electron chi connectivity index (χ0n) is 14.5. The number of carbonyl (C=O) groups excluding carboxylic acids is 1. The minimum Gasteiger partial charge on any atom is -0.377 e. The summed E-state index contributed by atoms with van der Waals surface area (Å²) in [6.07, 6.45) is 4.67. The van der Waals surface area contributed by atoms with Crippen LogP contribution in [0.3, 0.4) is 0 Å². The van der Waals surface area contributed by atoms with E-state index in [1.54, 1.807) is 23.4 Å². The lowest BCUT2D eigenvalue weighted by Gasteiger charge is -2.34. The Morgan fingerprint density at radius 3 is 2.84 bits per heavy atom. The maximum absolute atomic E-state index is 12.8. The number of ether oxygens (including phenoxy) is 1. The molecule has 0 aromatic carbocycles. The zero-order valence-corrected chi connectivity index (χ0v) is 14.5. The fraction of sp³-hybridized carbons (Fsp3) is 0.471. The van der Waals surface area contributed by atoms with Crippen LogP contribution in [0.25, 0.3) is 0 Å². The first-order valence-electron chi connectivity index (χ1n) is 8.47. The molecule has 1 fully saturated rings. The van der Waals surface area contributed by atoms with Crippen LogP contribution in [0, 0.1) is 0 Å². The van der Waals surface area contributed by atoms with Gasteiger partial charge >= 0.3 is 0 Å². The van der Waals surface area contributed by atoms with Gasteiger partial charge in [0.25, 0.3) is 5.91 Å². The standard InChI is InChI=1S/C17H22N6O2/c1-3-22(4-2)15-6-8-19-16(21-15)14-11-25-10-9-23(14)17(24)13-5-7-18-12-20-13/h5-8,12,14H,3-4,9-11H2,1-2H3/t14-/m0/s1. The van der Waals surface area contributed by atoms with Crippen LogP contribution in [0.2, 0.25) is 0 Å². The van der Waals surface area contributed by atoms with Gasteiger partial charge in [0.15, 0.2) is 5.82 Å². The topological polar surface area (TPSA) is 84.3 Å². The summed E-state index contributed by atoms with van der Waals surface area (Å²) in [7, 11) is 0. The van der Waals surface area contributed by atoms with Gasteiger partial charge in [-0.2, -0.15) is 0 Å². The monoisotopic (exact) mass is 342 g/mol. The van der Waals surface area contributed by atoms with Gasteiger partial charge in [-0.25, -0.2) is 19.9 Å². The highest BCUT2D eigenvalue weighted by Crippen LogP contribution is 2.24. The van der Waals surface area contributed by atoms with Crippen molar-refractivity contribution < 1.29 is 9.53 Å². The van der Waals surface area contributed by atoms with Crippen molar-refractivity contribution >= 4 is 11.7 Å². The number of hydrogen-bond donors (Lipinski definition) is 0. The first-order chi connectivity index (χ1) is 12.2. The zero-order chi connectivity index (χ0) is 17.6. The lowest BCUT2D eigenvalue weighted by Crippen LogP contribution is -2.44. The molecule has 0 spiro atoms. The van der Waals surface area contributed by atoms with Gasteiger partial charge < -0.3 is 14.5 Å². The van der Waals surface area contributed by atoms with Crippen molar-refractivity contribution in [1.82, 2.24) is 24.8 Å². The van der Waals surface area contributed by atoms with Crippen LogP contribution in [0.4, 0.5) is 5.82 Å². The summed E-state index contributed by atoms with van der Waals surface area (Å²) in [5.74, 6) is 1.29. The van der Waals surface area contributed by atoms with Crippen molar-refractivity contribution in [3.05, 3.63) is 42.4 Å². The number of anilines is 1. The van der Waals surface area contributed by atoms with Crippen molar-refractivity contribution in [2.75, 3.05) is 37.7 Å². The van der Waals surface area contributed by atoms with Gasteiger partial charge in [0.2, 0.25) is 0 Å². The molecule has 1 aliphatic heterocycles. The number of nitrogens with zero attached hydrogens (tertiary/aromatic N) is 6. The second-order valence-electron chi connectivity index (χ2n) is 5.63. The van der Waals surface area contributed by atoms with E-state index in [1.165, 1.54) is 6.33 Å². The second kappa shape index (κ2) is 7.98. The summed E-state index contributed by atoms with van der Waals surface area (Å²) in [5, 5.41) is 0. The van der Waals surface area contributed by atoms with E-state index in [0.717, 1.165) is 18.9 Å². The fourth-order valence-electron chi connectivity index (χ4n) is 2.87. The third-order valence-electron chi connectivity index (χ3n) is 4.24. The Hall–Kier alpha value is -2.61. The van der Waals surface area contributed by atoms with E-state index in [9.17, 15) is 4.79 Å². The van der Waals surface area contributed by atoms with Crippen LogP contribution >= 0.6 is 0 Å². The number of morpholine rings is 1. The van der Waals surface area contributed by atoms with Gasteiger partial charge in [0.1, 0.15) is 23.9 Å². The van der Waals surface area contributed by atoms with Crippen LogP contribution in [-0.4, -0.2) is 63.6 Å². The first-order valence-corrected chi connectivity index (χ1v) is 8.47. The molecule has 0 radical (unpaired) electrons. The van der Waals surface area contributed by atoms with Gasteiger partial charge in [-0.15, -0.1) is 0 Å². The molecule has 2 aromatic rings. The molecular formula is C17H22N6O2. The molecule has 3 rings (SSSR count). The Labute approximate surface area is 146 Å². The first kappa shape index (κ1) is 17.2. The molecule has 0 bridgehead atoms. The molecule has 1 amide bonds. The number of carbonyl (C=O) groups is 1. The quantitative estimate of drug-likeness (QED) is 0.810. The molecule has 3 heterocycles. The fourth-order valence-corrected chi connectivity index (χ4v) is 2.87. The van der Waals surface area contributed by atoms with Gasteiger partial charge in [0.05, 0.1) is 13.2 Å². The molecule has 1 atom stereocenters. The van der Waals surface area contributed by atoms with E-state index >= 15 is 0 Å². The van der Waals surface area contributed by atoms with Crippen LogP contribution in [0.15, 0.2) is 30.9 Å². The molecule has 0 aliphatic carbocycles. The number of aromatic nitrogens is 4. The lowest BCUT2D eigenvalue weighted by molar-refractivity contribution is -0.00551. The van der Waals surface area contributed by atoms with E-state index in [1.807, 2.05) is 6.07 Å². The molecule has 2 aromatic heterocycles. The summed E-state index contributed by atoms with van der Waals surface area (Å²) >= 11 is 0. The molecule has 0 N–H and O–H groups in total. The van der Waals surface area contributed by atoms with Crippen molar-refractivity contribution in [2.24, 2.45) is 0 Å². The highest BCUT2D eigenvalue weighted by atomic mass is 16.5. The molecule has 132 valence electrons. The summed E-state index contributed by atoms with van der Waals surface area (Å²) in [6.45, 7) is 7.23. The van der Waals surface area contributed by atoms with E-state index in [0.29, 0.717) is 31.3 Å². The van der Waals surface area contributed by atoms with E-state index in [-0.39, 0.29) is 11.9 Å². The maximum Gasteiger partial charge on any atom is 0.273 e. The van der Waals surface area contributed by atoms with Gasteiger partial charge in [0, 0.05) is 32.0 Å². The second-order valence-corrected chi connectivity index (χ2v) is 5.63. The van der Waals surface area contributed by atoms with Crippen LogP contribution in [-0.2, 0) is 4.74 Å². The minimum atomic E-state index is -0.327. The summed E-state index contributed by atoms with van der Waals surface area (Å²) in [5.41, 5.74) is 0.363. The van der Waals surface area contributed by atoms with Crippen molar-refractivity contribution in [3.63, 3.8) is 0 Å². The molecule has 8 nitrogen and oxygen atoms in total.